The second kappa shape index (κ2) is 10.4. The first-order chi connectivity index (χ1) is 20.3. The van der Waals surface area contributed by atoms with E-state index in [4.69, 9.17) is 9.47 Å². The van der Waals surface area contributed by atoms with Gasteiger partial charge in [-0.25, -0.2) is 4.98 Å². The van der Waals surface area contributed by atoms with E-state index >= 15 is 0 Å². The number of fused-ring (bicyclic) bond motifs is 2. The van der Waals surface area contributed by atoms with Crippen LogP contribution in [0.5, 0.6) is 17.4 Å². The van der Waals surface area contributed by atoms with Gasteiger partial charge in [0.2, 0.25) is 11.8 Å². The fourth-order valence-corrected chi connectivity index (χ4v) is 7.28. The van der Waals surface area contributed by atoms with Crippen LogP contribution in [0.15, 0.2) is 47.1 Å². The number of methoxy groups -OCH3 is 1. The van der Waals surface area contributed by atoms with E-state index in [1.165, 1.54) is 44.5 Å². The lowest BCUT2D eigenvalue weighted by atomic mass is 9.71. The van der Waals surface area contributed by atoms with Crippen LogP contribution in [0.4, 0.5) is 17.3 Å². The highest BCUT2D eigenvalue weighted by atomic mass is 79.9. The third-order valence-corrected chi connectivity index (χ3v) is 10.5. The van der Waals surface area contributed by atoms with Crippen molar-refractivity contribution in [3.05, 3.63) is 58.2 Å². The molecule has 2 aromatic carbocycles. The molecule has 4 aliphatic rings. The zero-order chi connectivity index (χ0) is 29.1. The number of rotatable bonds is 6. The van der Waals surface area contributed by atoms with Crippen LogP contribution in [0.25, 0.3) is 0 Å². The molecule has 4 heterocycles. The van der Waals surface area contributed by atoms with Crippen LogP contribution in [-0.2, 0) is 5.54 Å². The fraction of sp³-hybridized carbons (Fsp3) is 0.469. The van der Waals surface area contributed by atoms with Gasteiger partial charge < -0.3 is 29.5 Å². The number of likely N-dealkylation sites (tertiary alicyclic amines) is 1. The average molecular weight is 634 g/mol. The minimum Gasteiger partial charge on any atom is -0.494 e. The molecule has 1 N–H and O–H groups in total. The monoisotopic (exact) mass is 632 g/mol. The molecule has 3 aliphatic heterocycles. The third kappa shape index (κ3) is 4.68. The van der Waals surface area contributed by atoms with Gasteiger partial charge in [0.05, 0.1) is 34.6 Å². The van der Waals surface area contributed by atoms with Gasteiger partial charge in [-0.05, 0) is 104 Å². The van der Waals surface area contributed by atoms with Gasteiger partial charge in [0.1, 0.15) is 11.5 Å². The number of nitrogens with zero attached hydrogens (tertiary/aromatic N) is 5. The van der Waals surface area contributed by atoms with Gasteiger partial charge in [0.25, 0.3) is 5.91 Å². The molecular weight excluding hydrogens is 596 g/mol. The molecule has 10 heteroatoms. The van der Waals surface area contributed by atoms with Crippen molar-refractivity contribution in [3.63, 3.8) is 0 Å². The summed E-state index contributed by atoms with van der Waals surface area (Å²) < 4.78 is 12.6. The van der Waals surface area contributed by atoms with Crippen molar-refractivity contribution in [2.24, 2.45) is 5.41 Å². The molecule has 7 rings (SSSR count). The SMILES string of the molecule is COc1cc(N2CCC3(CCN(C)CC3)CC2)ccc1Nc1ncc(Br)c(Oc2cccc3c2C(=O)N(C)C32CC2)n1. The van der Waals surface area contributed by atoms with Crippen LogP contribution >= 0.6 is 15.9 Å². The normalized spacial score (nSPS) is 20.6. The molecule has 3 fully saturated rings. The van der Waals surface area contributed by atoms with E-state index in [9.17, 15) is 4.79 Å². The fourth-order valence-electron chi connectivity index (χ4n) is 7.01. The lowest BCUT2D eigenvalue weighted by molar-refractivity contribution is 0.0753. The Hall–Kier alpha value is -3.37. The van der Waals surface area contributed by atoms with Crippen LogP contribution in [0.1, 0.15) is 54.4 Å². The summed E-state index contributed by atoms with van der Waals surface area (Å²) in [6.07, 6.45) is 8.71. The summed E-state index contributed by atoms with van der Waals surface area (Å²) in [4.78, 5) is 29.0. The van der Waals surface area contributed by atoms with Crippen molar-refractivity contribution in [1.82, 2.24) is 19.8 Å². The summed E-state index contributed by atoms with van der Waals surface area (Å²) in [6.45, 7) is 4.56. The Morgan fingerprint density at radius 1 is 0.952 bits per heavy atom. The number of hydrogen-bond acceptors (Lipinski definition) is 8. The van der Waals surface area contributed by atoms with Gasteiger partial charge in [0, 0.05) is 31.9 Å². The molecule has 3 aromatic rings. The number of amides is 1. The highest BCUT2D eigenvalue weighted by Gasteiger charge is 2.57. The molecule has 0 unspecified atom stereocenters. The van der Waals surface area contributed by atoms with Gasteiger partial charge in [-0.3, -0.25) is 4.79 Å². The van der Waals surface area contributed by atoms with Gasteiger partial charge >= 0.3 is 0 Å². The van der Waals surface area contributed by atoms with E-state index in [0.717, 1.165) is 42.9 Å². The maximum Gasteiger partial charge on any atom is 0.258 e. The molecule has 9 nitrogen and oxygen atoms in total. The van der Waals surface area contributed by atoms with Gasteiger partial charge in [-0.15, -0.1) is 0 Å². The number of piperidine rings is 2. The number of anilines is 3. The molecule has 42 heavy (non-hydrogen) atoms. The molecule has 1 amide bonds. The minimum atomic E-state index is -0.174. The van der Waals surface area contributed by atoms with Gasteiger partial charge in [-0.2, -0.15) is 4.98 Å². The van der Waals surface area contributed by atoms with Crippen LogP contribution < -0.4 is 19.7 Å². The Balaban J connectivity index is 1.07. The highest BCUT2D eigenvalue weighted by Crippen LogP contribution is 2.57. The highest BCUT2D eigenvalue weighted by molar-refractivity contribution is 9.10. The number of halogens is 1. The second-order valence-electron chi connectivity index (χ2n) is 12.3. The predicted molar refractivity (Wildman–Crippen MR) is 166 cm³/mol. The van der Waals surface area contributed by atoms with Crippen molar-refractivity contribution < 1.29 is 14.3 Å². The summed E-state index contributed by atoms with van der Waals surface area (Å²) in [5.41, 5.74) is 3.93. The third-order valence-electron chi connectivity index (χ3n) is 10.00. The molecule has 0 atom stereocenters. The van der Waals surface area contributed by atoms with Gasteiger partial charge in [0.15, 0.2) is 0 Å². The van der Waals surface area contributed by atoms with Crippen molar-refractivity contribution in [3.8, 4) is 17.4 Å². The number of carbonyl (C=O) groups is 1. The molecule has 220 valence electrons. The maximum atomic E-state index is 13.1. The summed E-state index contributed by atoms with van der Waals surface area (Å²) in [5.74, 6) is 1.92. The quantitative estimate of drug-likeness (QED) is 0.345. The van der Waals surface area contributed by atoms with Crippen molar-refractivity contribution in [2.45, 2.75) is 44.1 Å². The van der Waals surface area contributed by atoms with Crippen LogP contribution in [0.2, 0.25) is 0 Å². The zero-order valence-electron chi connectivity index (χ0n) is 24.5. The molecule has 2 spiro atoms. The maximum absolute atomic E-state index is 13.1. The largest absolute Gasteiger partial charge is 0.494 e. The first-order valence-corrected chi connectivity index (χ1v) is 15.6. The Labute approximate surface area is 255 Å². The molecule has 0 radical (unpaired) electrons. The summed E-state index contributed by atoms with van der Waals surface area (Å²) >= 11 is 3.52. The number of carbonyl (C=O) groups excluding carboxylic acids is 1. The van der Waals surface area contributed by atoms with E-state index in [-0.39, 0.29) is 11.4 Å². The molecule has 2 saturated heterocycles. The average Bonchev–Trinajstić information content (AvgIpc) is 3.79. The number of aromatic nitrogens is 2. The zero-order valence-corrected chi connectivity index (χ0v) is 26.0. The van der Waals surface area contributed by atoms with E-state index in [1.54, 1.807) is 13.3 Å². The Kier molecular flexibility index (Phi) is 6.81. The van der Waals surface area contributed by atoms with E-state index in [0.29, 0.717) is 33.0 Å². The summed E-state index contributed by atoms with van der Waals surface area (Å²) in [6, 6.07) is 12.0. The molecular formula is C32H37BrN6O3. The van der Waals surface area contributed by atoms with Crippen molar-refractivity contribution in [1.29, 1.82) is 0 Å². The van der Waals surface area contributed by atoms with Crippen LogP contribution in [0.3, 0.4) is 0 Å². The minimum absolute atomic E-state index is 0.0123. The van der Waals surface area contributed by atoms with E-state index in [2.05, 4.69) is 60.2 Å². The number of ether oxygens (including phenoxy) is 2. The first-order valence-electron chi connectivity index (χ1n) is 14.8. The summed E-state index contributed by atoms with van der Waals surface area (Å²) in [5, 5.41) is 3.30. The van der Waals surface area contributed by atoms with Gasteiger partial charge in [-0.1, -0.05) is 12.1 Å². The standard InChI is InChI=1S/C32H37BrN6O3/c1-37-15-11-31(12-16-37)13-17-39(18-14-31)21-7-8-24(26(19-21)41-3)35-30-34-20-23(33)28(36-30)42-25-6-4-5-22-27(25)29(40)38(2)32(22)9-10-32/h4-8,19-20H,9-18H2,1-3H3,(H,34,35,36). The first kappa shape index (κ1) is 27.5. The smallest absolute Gasteiger partial charge is 0.258 e. The Morgan fingerprint density at radius 3 is 2.40 bits per heavy atom. The van der Waals surface area contributed by atoms with Crippen LogP contribution in [0, 0.1) is 5.41 Å². The molecule has 0 bridgehead atoms. The summed E-state index contributed by atoms with van der Waals surface area (Å²) in [7, 11) is 5.79. The number of benzene rings is 2. The molecule has 1 aliphatic carbocycles. The number of nitrogens with one attached hydrogen (secondary N) is 1. The lowest BCUT2D eigenvalue weighted by Crippen LogP contribution is -2.46. The topological polar surface area (TPSA) is 83.1 Å². The van der Waals surface area contributed by atoms with Crippen molar-refractivity contribution >= 4 is 39.2 Å². The Morgan fingerprint density at radius 2 is 1.69 bits per heavy atom. The van der Waals surface area contributed by atoms with Crippen LogP contribution in [-0.4, -0.2) is 73.1 Å². The molecule has 1 aromatic heterocycles. The van der Waals surface area contributed by atoms with E-state index < -0.39 is 0 Å². The predicted octanol–water partition coefficient (Wildman–Crippen LogP) is 6.17. The van der Waals surface area contributed by atoms with E-state index in [1.807, 2.05) is 36.2 Å². The molecule has 1 saturated carbocycles. The second-order valence-corrected chi connectivity index (χ2v) is 13.2. The number of hydrogen-bond donors (Lipinski definition) is 1. The van der Waals surface area contributed by atoms with Crippen molar-refractivity contribution in [2.75, 3.05) is 57.6 Å². The lowest BCUT2D eigenvalue weighted by Gasteiger charge is -2.47. The Bertz CT molecular complexity index is 1520.